The van der Waals surface area contributed by atoms with Gasteiger partial charge in [-0.15, -0.1) is 11.3 Å². The third kappa shape index (κ3) is 5.88. The lowest BCUT2D eigenvalue weighted by molar-refractivity contribution is -0.146. The number of anilines is 1. The summed E-state index contributed by atoms with van der Waals surface area (Å²) in [7, 11) is -3.62. The lowest BCUT2D eigenvalue weighted by atomic mass is 10.3. The summed E-state index contributed by atoms with van der Waals surface area (Å²) in [6, 6.07) is 9.64. The van der Waals surface area contributed by atoms with Gasteiger partial charge in [-0.25, -0.2) is 8.42 Å². The number of benzene rings is 1. The molecule has 0 unspecified atom stereocenters. The maximum absolute atomic E-state index is 12.5. The zero-order valence-electron chi connectivity index (χ0n) is 15.2. The molecule has 146 valence electrons. The standard InChI is InChI=1S/C18H22N2O5S2/c1-3-20(4-2)27(23,24)16-9-5-7-14(11-16)19-17(21)13-25-18(22)12-15-8-6-10-26-15/h5-11H,3-4,12-13H2,1-2H3,(H,19,21). The second-order valence-electron chi connectivity index (χ2n) is 5.58. The zero-order chi connectivity index (χ0) is 19.9. The molecular formula is C18H22N2O5S2. The molecule has 0 aliphatic heterocycles. The Morgan fingerprint density at radius 3 is 2.52 bits per heavy atom. The molecule has 0 fully saturated rings. The fraction of sp³-hybridized carbons (Fsp3) is 0.333. The van der Waals surface area contributed by atoms with Gasteiger partial charge in [-0.05, 0) is 29.6 Å². The third-order valence-electron chi connectivity index (χ3n) is 3.72. The number of rotatable bonds is 9. The predicted molar refractivity (Wildman–Crippen MR) is 104 cm³/mol. The maximum atomic E-state index is 12.5. The molecular weight excluding hydrogens is 388 g/mol. The van der Waals surface area contributed by atoms with E-state index in [0.29, 0.717) is 18.8 Å². The van der Waals surface area contributed by atoms with Crippen molar-refractivity contribution in [3.63, 3.8) is 0 Å². The van der Waals surface area contributed by atoms with E-state index in [-0.39, 0.29) is 11.3 Å². The fourth-order valence-electron chi connectivity index (χ4n) is 2.40. The molecule has 1 heterocycles. The summed E-state index contributed by atoms with van der Waals surface area (Å²) in [5.74, 6) is -1.03. The van der Waals surface area contributed by atoms with Crippen LogP contribution in [0.25, 0.3) is 0 Å². The number of hydrogen-bond donors (Lipinski definition) is 1. The van der Waals surface area contributed by atoms with Crippen molar-refractivity contribution in [2.75, 3.05) is 25.0 Å². The lowest BCUT2D eigenvalue weighted by Gasteiger charge is -2.18. The van der Waals surface area contributed by atoms with Crippen molar-refractivity contribution in [3.8, 4) is 0 Å². The topological polar surface area (TPSA) is 92.8 Å². The first-order chi connectivity index (χ1) is 12.9. The summed E-state index contributed by atoms with van der Waals surface area (Å²) in [6.45, 7) is 3.80. The summed E-state index contributed by atoms with van der Waals surface area (Å²) in [5, 5.41) is 4.40. The number of carbonyl (C=O) groups is 2. The fourth-order valence-corrected chi connectivity index (χ4v) is 4.59. The number of thiophene rings is 1. The Hall–Kier alpha value is -2.23. The smallest absolute Gasteiger partial charge is 0.311 e. The molecule has 0 spiro atoms. The molecule has 1 aromatic heterocycles. The molecule has 9 heteroatoms. The number of esters is 1. The van der Waals surface area contributed by atoms with E-state index in [2.05, 4.69) is 5.32 Å². The monoisotopic (exact) mass is 410 g/mol. The van der Waals surface area contributed by atoms with Gasteiger partial charge in [0, 0.05) is 23.7 Å². The largest absolute Gasteiger partial charge is 0.455 e. The van der Waals surface area contributed by atoms with Crippen molar-refractivity contribution in [3.05, 3.63) is 46.7 Å². The van der Waals surface area contributed by atoms with E-state index < -0.39 is 28.5 Å². The highest BCUT2D eigenvalue weighted by Gasteiger charge is 2.22. The maximum Gasteiger partial charge on any atom is 0.311 e. The van der Waals surface area contributed by atoms with Gasteiger partial charge in [0.25, 0.3) is 5.91 Å². The Morgan fingerprint density at radius 1 is 1.15 bits per heavy atom. The number of ether oxygens (including phenoxy) is 1. The van der Waals surface area contributed by atoms with Crippen LogP contribution in [0, 0.1) is 0 Å². The van der Waals surface area contributed by atoms with E-state index in [1.807, 2.05) is 17.5 Å². The second-order valence-corrected chi connectivity index (χ2v) is 8.55. The van der Waals surface area contributed by atoms with Crippen molar-refractivity contribution in [1.29, 1.82) is 0 Å². The number of amides is 1. The van der Waals surface area contributed by atoms with E-state index in [0.717, 1.165) is 4.88 Å². The van der Waals surface area contributed by atoms with Gasteiger partial charge >= 0.3 is 5.97 Å². The van der Waals surface area contributed by atoms with E-state index in [4.69, 9.17) is 4.74 Å². The van der Waals surface area contributed by atoms with Crippen molar-refractivity contribution in [2.24, 2.45) is 0 Å². The van der Waals surface area contributed by atoms with Crippen molar-refractivity contribution >= 4 is 38.9 Å². The van der Waals surface area contributed by atoms with Gasteiger partial charge in [0.05, 0.1) is 11.3 Å². The van der Waals surface area contributed by atoms with Crippen LogP contribution in [0.2, 0.25) is 0 Å². The Bertz CT molecular complexity index is 875. The third-order valence-corrected chi connectivity index (χ3v) is 6.65. The second kappa shape index (κ2) is 9.63. The molecule has 0 aliphatic rings. The first-order valence-electron chi connectivity index (χ1n) is 8.44. The van der Waals surface area contributed by atoms with Crippen molar-refractivity contribution in [1.82, 2.24) is 4.31 Å². The number of nitrogens with zero attached hydrogens (tertiary/aromatic N) is 1. The predicted octanol–water partition coefficient (Wildman–Crippen LogP) is 2.50. The Labute approximate surface area is 163 Å². The first kappa shape index (κ1) is 21.1. The van der Waals surface area contributed by atoms with Crippen LogP contribution in [0.4, 0.5) is 5.69 Å². The highest BCUT2D eigenvalue weighted by atomic mass is 32.2. The number of carbonyl (C=O) groups excluding carboxylic acids is 2. The quantitative estimate of drug-likeness (QED) is 0.641. The molecule has 0 atom stereocenters. The molecule has 0 bridgehead atoms. The Balaban J connectivity index is 1.95. The summed E-state index contributed by atoms with van der Waals surface area (Å²) >= 11 is 1.44. The molecule has 2 aromatic rings. The molecule has 1 N–H and O–H groups in total. The van der Waals surface area contributed by atoms with Crippen LogP contribution < -0.4 is 5.32 Å². The van der Waals surface area contributed by atoms with Gasteiger partial charge in [0.15, 0.2) is 6.61 Å². The van der Waals surface area contributed by atoms with Crippen molar-refractivity contribution in [2.45, 2.75) is 25.2 Å². The summed E-state index contributed by atoms with van der Waals surface area (Å²) < 4.78 is 31.4. The number of hydrogen-bond acceptors (Lipinski definition) is 6. The van der Waals surface area contributed by atoms with Crippen LogP contribution in [0.5, 0.6) is 0 Å². The molecule has 0 aliphatic carbocycles. The van der Waals surface area contributed by atoms with Crippen LogP contribution >= 0.6 is 11.3 Å². The van der Waals surface area contributed by atoms with E-state index >= 15 is 0 Å². The Kier molecular flexibility index (Phi) is 7.52. The van der Waals surface area contributed by atoms with Gasteiger partial charge < -0.3 is 10.1 Å². The SMILES string of the molecule is CCN(CC)S(=O)(=O)c1cccc(NC(=O)COC(=O)Cc2cccs2)c1. The molecule has 7 nitrogen and oxygen atoms in total. The van der Waals surface area contributed by atoms with Crippen LogP contribution in [0.1, 0.15) is 18.7 Å². The minimum Gasteiger partial charge on any atom is -0.455 e. The summed E-state index contributed by atoms with van der Waals surface area (Å²) in [4.78, 5) is 24.6. The molecule has 1 aromatic carbocycles. The highest BCUT2D eigenvalue weighted by molar-refractivity contribution is 7.89. The van der Waals surface area contributed by atoms with Crippen LogP contribution in [-0.2, 0) is 30.8 Å². The first-order valence-corrected chi connectivity index (χ1v) is 10.8. The molecule has 0 radical (unpaired) electrons. The van der Waals surface area contributed by atoms with Crippen LogP contribution in [-0.4, -0.2) is 44.3 Å². The van der Waals surface area contributed by atoms with Gasteiger partial charge in [0.1, 0.15) is 0 Å². The molecule has 27 heavy (non-hydrogen) atoms. The van der Waals surface area contributed by atoms with E-state index in [1.54, 1.807) is 26.0 Å². The Morgan fingerprint density at radius 2 is 1.89 bits per heavy atom. The minimum absolute atomic E-state index is 0.0960. The van der Waals surface area contributed by atoms with E-state index in [9.17, 15) is 18.0 Å². The molecule has 2 rings (SSSR count). The average Bonchev–Trinajstić information content (AvgIpc) is 3.14. The van der Waals surface area contributed by atoms with Gasteiger partial charge in [-0.2, -0.15) is 4.31 Å². The summed E-state index contributed by atoms with van der Waals surface area (Å²) in [5.41, 5.74) is 0.322. The highest BCUT2D eigenvalue weighted by Crippen LogP contribution is 2.19. The normalized spacial score (nSPS) is 11.4. The molecule has 0 saturated heterocycles. The molecule has 0 saturated carbocycles. The van der Waals surface area contributed by atoms with E-state index in [1.165, 1.54) is 27.8 Å². The summed E-state index contributed by atoms with van der Waals surface area (Å²) in [6.07, 6.45) is 0.114. The molecule has 1 amide bonds. The number of sulfonamides is 1. The van der Waals surface area contributed by atoms with Crippen molar-refractivity contribution < 1.29 is 22.7 Å². The zero-order valence-corrected chi connectivity index (χ0v) is 16.8. The van der Waals surface area contributed by atoms with Gasteiger partial charge in [0.2, 0.25) is 10.0 Å². The number of nitrogens with one attached hydrogen (secondary N) is 1. The minimum atomic E-state index is -3.62. The average molecular weight is 411 g/mol. The van der Waals surface area contributed by atoms with Crippen LogP contribution in [0.15, 0.2) is 46.7 Å². The lowest BCUT2D eigenvalue weighted by Crippen LogP contribution is -2.30. The van der Waals surface area contributed by atoms with Crippen LogP contribution in [0.3, 0.4) is 0 Å². The van der Waals surface area contributed by atoms with Gasteiger partial charge in [-0.1, -0.05) is 26.0 Å². The van der Waals surface area contributed by atoms with Gasteiger partial charge in [-0.3, -0.25) is 9.59 Å².